The molecule has 0 aliphatic carbocycles. The van der Waals surface area contributed by atoms with Crippen LogP contribution in [0.15, 0.2) is 80.7 Å². The minimum absolute atomic E-state index is 0.0488. The lowest BCUT2D eigenvalue weighted by atomic mass is 10.0. The number of hydrogen-bond donors (Lipinski definition) is 1. The topological polar surface area (TPSA) is 61.8 Å². The zero-order chi connectivity index (χ0) is 22.0. The van der Waals surface area contributed by atoms with E-state index in [0.717, 1.165) is 15.6 Å². The number of carbonyl (C=O) groups is 2. The molecule has 4 rings (SSSR count). The van der Waals surface area contributed by atoms with Crippen molar-refractivity contribution in [2.45, 2.75) is 0 Å². The van der Waals surface area contributed by atoms with E-state index in [4.69, 9.17) is 0 Å². The largest absolute Gasteiger partial charge is 0.322 e. The van der Waals surface area contributed by atoms with Crippen molar-refractivity contribution in [2.24, 2.45) is 4.99 Å². The van der Waals surface area contributed by atoms with Gasteiger partial charge in [0.05, 0.1) is 17.1 Å². The molecule has 156 valence electrons. The average Bonchev–Trinajstić information content (AvgIpc) is 2.87. The summed E-state index contributed by atoms with van der Waals surface area (Å²) in [4.78, 5) is 31.5. The van der Waals surface area contributed by atoms with Crippen molar-refractivity contribution in [2.75, 3.05) is 23.3 Å². The predicted molar refractivity (Wildman–Crippen MR) is 126 cm³/mol. The van der Waals surface area contributed by atoms with Crippen LogP contribution in [0.1, 0.15) is 11.1 Å². The summed E-state index contributed by atoms with van der Waals surface area (Å²) in [5.41, 5.74) is 2.89. The highest BCUT2D eigenvalue weighted by atomic mass is 79.9. The molecule has 0 radical (unpaired) electrons. The van der Waals surface area contributed by atoms with Gasteiger partial charge in [0, 0.05) is 20.1 Å². The number of fused-ring (bicyclic) bond motifs is 1. The first-order chi connectivity index (χ1) is 14.9. The van der Waals surface area contributed by atoms with Crippen LogP contribution in [0.25, 0.3) is 0 Å². The fourth-order valence-corrected chi connectivity index (χ4v) is 4.02. The van der Waals surface area contributed by atoms with Crippen molar-refractivity contribution in [3.05, 3.63) is 92.6 Å². The molecule has 31 heavy (non-hydrogen) atoms. The van der Waals surface area contributed by atoms with Gasteiger partial charge in [-0.2, -0.15) is 0 Å². The first kappa shape index (κ1) is 21.4. The van der Waals surface area contributed by atoms with Crippen LogP contribution in [0, 0.1) is 5.82 Å². The summed E-state index contributed by atoms with van der Waals surface area (Å²) in [7, 11) is 0. The molecule has 0 fully saturated rings. The number of anilines is 2. The van der Waals surface area contributed by atoms with Crippen LogP contribution in [0.5, 0.6) is 0 Å². The Hall–Kier alpha value is -2.84. The number of nitrogens with zero attached hydrogens (tertiary/aromatic N) is 2. The molecule has 3 aromatic carbocycles. The van der Waals surface area contributed by atoms with E-state index in [-0.39, 0.29) is 24.7 Å². The molecule has 0 spiro atoms. The molecule has 1 aliphatic heterocycles. The summed E-state index contributed by atoms with van der Waals surface area (Å²) < 4.78 is 15.5. The van der Waals surface area contributed by atoms with Crippen LogP contribution in [0.3, 0.4) is 0 Å². The average molecular weight is 545 g/mol. The van der Waals surface area contributed by atoms with Crippen molar-refractivity contribution < 1.29 is 14.0 Å². The lowest BCUT2D eigenvalue weighted by Gasteiger charge is -2.23. The van der Waals surface area contributed by atoms with Crippen molar-refractivity contribution in [1.82, 2.24) is 0 Å². The summed E-state index contributed by atoms with van der Waals surface area (Å²) in [5, 5.41) is 2.54. The molecule has 3 aromatic rings. The second-order valence-corrected chi connectivity index (χ2v) is 8.68. The third kappa shape index (κ3) is 4.75. The number of halogens is 3. The molecule has 1 aliphatic rings. The van der Waals surface area contributed by atoms with E-state index in [1.807, 2.05) is 36.4 Å². The number of amides is 2. The number of hydrogen-bond acceptors (Lipinski definition) is 3. The van der Waals surface area contributed by atoms with Gasteiger partial charge in [0.25, 0.3) is 0 Å². The maximum Gasteiger partial charge on any atom is 0.249 e. The van der Waals surface area contributed by atoms with Gasteiger partial charge < -0.3 is 10.2 Å². The Morgan fingerprint density at radius 3 is 2.48 bits per heavy atom. The van der Waals surface area contributed by atoms with Gasteiger partial charge in [-0.15, -0.1) is 0 Å². The molecular formula is C23H16Br2FN3O2. The van der Waals surface area contributed by atoms with Crippen LogP contribution in [0.2, 0.25) is 0 Å². The molecule has 0 unspecified atom stereocenters. The van der Waals surface area contributed by atoms with Crippen molar-refractivity contribution in [1.29, 1.82) is 0 Å². The van der Waals surface area contributed by atoms with E-state index in [9.17, 15) is 14.0 Å². The van der Waals surface area contributed by atoms with Crippen LogP contribution in [0.4, 0.5) is 15.8 Å². The Labute approximate surface area is 195 Å². The van der Waals surface area contributed by atoms with Crippen LogP contribution in [-0.4, -0.2) is 30.6 Å². The molecule has 0 saturated heterocycles. The number of aliphatic imine (C=N–C) groups is 1. The standard InChI is InChI=1S/C23H16Br2FN3O2/c24-15-7-9-20-17(10-15)23(14-4-2-1-3-5-14)27-12-22(31)29(20)13-21(30)28-19-8-6-16(25)11-18(19)26/h1-11H,12-13H2,(H,28,30). The van der Waals surface area contributed by atoms with Gasteiger partial charge in [0.1, 0.15) is 18.9 Å². The monoisotopic (exact) mass is 543 g/mol. The molecule has 0 atom stereocenters. The first-order valence-electron chi connectivity index (χ1n) is 9.37. The highest BCUT2D eigenvalue weighted by Gasteiger charge is 2.27. The highest BCUT2D eigenvalue weighted by Crippen LogP contribution is 2.30. The summed E-state index contributed by atoms with van der Waals surface area (Å²) in [6.07, 6.45) is 0. The van der Waals surface area contributed by atoms with Gasteiger partial charge >= 0.3 is 0 Å². The minimum Gasteiger partial charge on any atom is -0.322 e. The lowest BCUT2D eigenvalue weighted by Crippen LogP contribution is -2.39. The van der Waals surface area contributed by atoms with Gasteiger partial charge in [-0.1, -0.05) is 62.2 Å². The Balaban J connectivity index is 1.66. The van der Waals surface area contributed by atoms with Gasteiger partial charge in [-0.3, -0.25) is 14.6 Å². The summed E-state index contributed by atoms with van der Waals surface area (Å²) in [6, 6.07) is 19.4. The Bertz CT molecular complexity index is 1200. The molecule has 5 nitrogen and oxygen atoms in total. The van der Waals surface area contributed by atoms with E-state index >= 15 is 0 Å². The van der Waals surface area contributed by atoms with Crippen LogP contribution < -0.4 is 10.2 Å². The van der Waals surface area contributed by atoms with Crippen molar-refractivity contribution in [3.8, 4) is 0 Å². The Morgan fingerprint density at radius 2 is 1.74 bits per heavy atom. The summed E-state index contributed by atoms with van der Waals surface area (Å²) >= 11 is 6.66. The SMILES string of the molecule is O=C(CN1C(=O)CN=C(c2ccccc2)c2cc(Br)ccc21)Nc1ccc(Br)cc1F. The van der Waals surface area contributed by atoms with Gasteiger partial charge in [0.15, 0.2) is 0 Å². The van der Waals surface area contributed by atoms with E-state index in [2.05, 4.69) is 42.2 Å². The molecule has 0 aromatic heterocycles. The Kier molecular flexibility index (Phi) is 6.29. The number of nitrogens with one attached hydrogen (secondary N) is 1. The third-order valence-corrected chi connectivity index (χ3v) is 5.72. The van der Waals surface area contributed by atoms with E-state index in [1.54, 1.807) is 18.2 Å². The fraction of sp³-hybridized carbons (Fsp3) is 0.0870. The maximum absolute atomic E-state index is 14.1. The molecule has 1 N–H and O–H groups in total. The van der Waals surface area contributed by atoms with Crippen LogP contribution >= 0.6 is 31.9 Å². The number of rotatable bonds is 4. The molecule has 8 heteroatoms. The van der Waals surface area contributed by atoms with Crippen molar-refractivity contribution in [3.63, 3.8) is 0 Å². The van der Waals surface area contributed by atoms with Crippen LogP contribution in [-0.2, 0) is 9.59 Å². The number of benzene rings is 3. The molecule has 1 heterocycles. The zero-order valence-electron chi connectivity index (χ0n) is 16.1. The van der Waals surface area contributed by atoms with Crippen molar-refractivity contribution >= 4 is 60.8 Å². The normalized spacial score (nSPS) is 13.3. The Morgan fingerprint density at radius 1 is 1.03 bits per heavy atom. The van der Waals surface area contributed by atoms with E-state index in [1.165, 1.54) is 17.0 Å². The maximum atomic E-state index is 14.1. The second kappa shape index (κ2) is 9.11. The van der Waals surface area contributed by atoms with Gasteiger partial charge in [0.2, 0.25) is 11.8 Å². The van der Waals surface area contributed by atoms with Gasteiger partial charge in [-0.05, 0) is 36.4 Å². The van der Waals surface area contributed by atoms with Gasteiger partial charge in [-0.25, -0.2) is 4.39 Å². The summed E-state index contributed by atoms with van der Waals surface area (Å²) in [5.74, 6) is -1.39. The highest BCUT2D eigenvalue weighted by molar-refractivity contribution is 9.10. The first-order valence-corrected chi connectivity index (χ1v) is 11.0. The smallest absolute Gasteiger partial charge is 0.249 e. The molecule has 0 bridgehead atoms. The third-order valence-electron chi connectivity index (χ3n) is 4.73. The molecule has 0 saturated carbocycles. The molecule has 2 amide bonds. The van der Waals surface area contributed by atoms with E-state index in [0.29, 0.717) is 15.9 Å². The lowest BCUT2D eigenvalue weighted by molar-refractivity contribution is -0.120. The number of benzodiazepines with no additional fused rings is 1. The zero-order valence-corrected chi connectivity index (χ0v) is 19.3. The van der Waals surface area contributed by atoms with E-state index < -0.39 is 11.7 Å². The molecular weight excluding hydrogens is 529 g/mol. The predicted octanol–water partition coefficient (Wildman–Crippen LogP) is 5.17. The second-order valence-electron chi connectivity index (χ2n) is 6.84. The quantitative estimate of drug-likeness (QED) is 0.492. The fourth-order valence-electron chi connectivity index (χ4n) is 3.33. The number of carbonyl (C=O) groups excluding carboxylic acids is 2. The minimum atomic E-state index is -0.566. The summed E-state index contributed by atoms with van der Waals surface area (Å²) in [6.45, 7) is -0.364.